The fourth-order valence-electron chi connectivity index (χ4n) is 2.84. The van der Waals surface area contributed by atoms with Gasteiger partial charge in [-0.15, -0.1) is 0 Å². The molecule has 0 radical (unpaired) electrons. The highest BCUT2D eigenvalue weighted by Gasteiger charge is 2.13. The van der Waals surface area contributed by atoms with E-state index in [4.69, 9.17) is 9.15 Å². The SMILES string of the molecule is CN(c1ccc2c(c1)OCCC2)c1ccc2ccoc2c1. The second kappa shape index (κ2) is 4.85. The first-order chi connectivity index (χ1) is 10.3. The molecule has 0 fully saturated rings. The highest BCUT2D eigenvalue weighted by Crippen LogP contribution is 2.33. The maximum absolute atomic E-state index is 5.76. The van der Waals surface area contributed by atoms with Gasteiger partial charge in [-0.3, -0.25) is 0 Å². The van der Waals surface area contributed by atoms with Crippen LogP contribution in [0.1, 0.15) is 12.0 Å². The molecule has 1 aromatic heterocycles. The Morgan fingerprint density at radius 1 is 1.00 bits per heavy atom. The summed E-state index contributed by atoms with van der Waals surface area (Å²) in [5.74, 6) is 1.02. The van der Waals surface area contributed by atoms with E-state index in [0.717, 1.165) is 47.5 Å². The normalized spacial score (nSPS) is 13.8. The topological polar surface area (TPSA) is 25.6 Å². The maximum atomic E-state index is 5.76. The zero-order valence-corrected chi connectivity index (χ0v) is 12.0. The molecule has 0 saturated carbocycles. The second-order valence-corrected chi connectivity index (χ2v) is 5.45. The summed E-state index contributed by atoms with van der Waals surface area (Å²) in [6.45, 7) is 0.818. The van der Waals surface area contributed by atoms with E-state index in [9.17, 15) is 0 Å². The lowest BCUT2D eigenvalue weighted by molar-refractivity contribution is 0.288. The summed E-state index contributed by atoms with van der Waals surface area (Å²) in [6.07, 6.45) is 3.94. The average Bonchev–Trinajstić information content (AvgIpc) is 3.01. The van der Waals surface area contributed by atoms with Gasteiger partial charge in [0.2, 0.25) is 0 Å². The van der Waals surface area contributed by atoms with Crippen LogP contribution in [0, 0.1) is 0 Å². The number of hydrogen-bond donors (Lipinski definition) is 0. The van der Waals surface area contributed by atoms with Crippen LogP contribution in [0.5, 0.6) is 5.75 Å². The fraction of sp³-hybridized carbons (Fsp3) is 0.222. The van der Waals surface area contributed by atoms with Crippen molar-refractivity contribution in [3.8, 4) is 5.75 Å². The van der Waals surface area contributed by atoms with Gasteiger partial charge in [0.1, 0.15) is 11.3 Å². The Labute approximate surface area is 123 Å². The lowest BCUT2D eigenvalue weighted by atomic mass is 10.1. The molecule has 0 amide bonds. The molecule has 3 heteroatoms. The molecule has 1 aliphatic heterocycles. The third kappa shape index (κ3) is 2.15. The van der Waals surface area contributed by atoms with E-state index in [1.54, 1.807) is 6.26 Å². The molecular formula is C18H17NO2. The number of hydrogen-bond acceptors (Lipinski definition) is 3. The van der Waals surface area contributed by atoms with Gasteiger partial charge in [-0.1, -0.05) is 6.07 Å². The Kier molecular flexibility index (Phi) is 2.85. The molecule has 0 atom stereocenters. The van der Waals surface area contributed by atoms with Crippen LogP contribution < -0.4 is 9.64 Å². The molecule has 0 aliphatic carbocycles. The number of aryl methyl sites for hydroxylation is 1. The summed E-state index contributed by atoms with van der Waals surface area (Å²) in [5, 5.41) is 1.13. The van der Waals surface area contributed by atoms with Gasteiger partial charge in [0.05, 0.1) is 12.9 Å². The van der Waals surface area contributed by atoms with Gasteiger partial charge >= 0.3 is 0 Å². The standard InChI is InChI=1S/C18H17NO2/c1-19(16-7-5-14-8-10-21-18(14)12-16)15-6-4-13-3-2-9-20-17(13)11-15/h4-8,10-12H,2-3,9H2,1H3. The molecule has 3 nitrogen and oxygen atoms in total. The van der Waals surface area contributed by atoms with Gasteiger partial charge < -0.3 is 14.1 Å². The van der Waals surface area contributed by atoms with Gasteiger partial charge in [-0.05, 0) is 42.7 Å². The monoisotopic (exact) mass is 279 g/mol. The predicted molar refractivity (Wildman–Crippen MR) is 84.5 cm³/mol. The molecule has 21 heavy (non-hydrogen) atoms. The number of ether oxygens (including phenoxy) is 1. The smallest absolute Gasteiger partial charge is 0.135 e. The molecule has 1 aliphatic rings. The van der Waals surface area contributed by atoms with Crippen molar-refractivity contribution in [2.45, 2.75) is 12.8 Å². The summed E-state index contributed by atoms with van der Waals surface area (Å²) < 4.78 is 11.2. The number of nitrogens with zero attached hydrogens (tertiary/aromatic N) is 1. The predicted octanol–water partition coefficient (Wildman–Crippen LogP) is 4.53. The number of anilines is 2. The summed E-state index contributed by atoms with van der Waals surface area (Å²) in [7, 11) is 2.06. The molecular weight excluding hydrogens is 262 g/mol. The Morgan fingerprint density at radius 2 is 1.86 bits per heavy atom. The number of rotatable bonds is 2. The first kappa shape index (κ1) is 12.3. The number of fused-ring (bicyclic) bond motifs is 2. The van der Waals surface area contributed by atoms with E-state index in [2.05, 4.69) is 48.3 Å². The zero-order valence-electron chi connectivity index (χ0n) is 12.0. The molecule has 2 heterocycles. The van der Waals surface area contributed by atoms with Crippen LogP contribution >= 0.6 is 0 Å². The minimum atomic E-state index is 0.818. The highest BCUT2D eigenvalue weighted by molar-refractivity contribution is 5.82. The van der Waals surface area contributed by atoms with Gasteiger partial charge in [0, 0.05) is 35.9 Å². The van der Waals surface area contributed by atoms with Crippen molar-refractivity contribution in [2.24, 2.45) is 0 Å². The van der Waals surface area contributed by atoms with E-state index in [0.29, 0.717) is 0 Å². The molecule has 0 spiro atoms. The number of furan rings is 1. The molecule has 0 N–H and O–H groups in total. The van der Waals surface area contributed by atoms with E-state index >= 15 is 0 Å². The van der Waals surface area contributed by atoms with Crippen molar-refractivity contribution in [2.75, 3.05) is 18.6 Å². The van der Waals surface area contributed by atoms with E-state index in [1.165, 1.54) is 5.56 Å². The van der Waals surface area contributed by atoms with Crippen LogP contribution in [0.15, 0.2) is 53.1 Å². The quantitative estimate of drug-likeness (QED) is 0.689. The van der Waals surface area contributed by atoms with Crippen molar-refractivity contribution in [1.82, 2.24) is 0 Å². The third-order valence-electron chi connectivity index (χ3n) is 4.11. The van der Waals surface area contributed by atoms with E-state index in [1.807, 2.05) is 6.07 Å². The van der Waals surface area contributed by atoms with Crippen LogP contribution in [0.2, 0.25) is 0 Å². The first-order valence-electron chi connectivity index (χ1n) is 7.28. The number of benzene rings is 2. The Morgan fingerprint density at radius 3 is 2.81 bits per heavy atom. The Balaban J connectivity index is 1.71. The van der Waals surface area contributed by atoms with Crippen LogP contribution in [-0.4, -0.2) is 13.7 Å². The molecule has 4 rings (SSSR count). The lowest BCUT2D eigenvalue weighted by Crippen LogP contribution is -2.12. The summed E-state index contributed by atoms with van der Waals surface area (Å²) in [6, 6.07) is 14.7. The minimum Gasteiger partial charge on any atom is -0.493 e. The first-order valence-corrected chi connectivity index (χ1v) is 7.28. The van der Waals surface area contributed by atoms with Gasteiger partial charge in [-0.25, -0.2) is 0 Å². The fourth-order valence-corrected chi connectivity index (χ4v) is 2.84. The summed E-state index contributed by atoms with van der Waals surface area (Å²) >= 11 is 0. The molecule has 0 unspecified atom stereocenters. The van der Waals surface area contributed by atoms with Gasteiger partial charge in [0.25, 0.3) is 0 Å². The highest BCUT2D eigenvalue weighted by atomic mass is 16.5. The van der Waals surface area contributed by atoms with E-state index in [-0.39, 0.29) is 0 Å². The average molecular weight is 279 g/mol. The van der Waals surface area contributed by atoms with Crippen LogP contribution in [-0.2, 0) is 6.42 Å². The van der Waals surface area contributed by atoms with Crippen LogP contribution in [0.3, 0.4) is 0 Å². The van der Waals surface area contributed by atoms with Crippen molar-refractivity contribution in [3.63, 3.8) is 0 Å². The summed E-state index contributed by atoms with van der Waals surface area (Å²) in [5.41, 5.74) is 4.45. The van der Waals surface area contributed by atoms with Gasteiger partial charge in [0.15, 0.2) is 0 Å². The van der Waals surface area contributed by atoms with Crippen molar-refractivity contribution >= 4 is 22.3 Å². The Hall–Kier alpha value is -2.42. The van der Waals surface area contributed by atoms with Crippen molar-refractivity contribution < 1.29 is 9.15 Å². The summed E-state index contributed by atoms with van der Waals surface area (Å²) in [4.78, 5) is 2.15. The maximum Gasteiger partial charge on any atom is 0.135 e. The van der Waals surface area contributed by atoms with Crippen molar-refractivity contribution in [3.05, 3.63) is 54.3 Å². The third-order valence-corrected chi connectivity index (χ3v) is 4.11. The second-order valence-electron chi connectivity index (χ2n) is 5.45. The van der Waals surface area contributed by atoms with E-state index < -0.39 is 0 Å². The van der Waals surface area contributed by atoms with Crippen LogP contribution in [0.4, 0.5) is 11.4 Å². The molecule has 0 bridgehead atoms. The largest absolute Gasteiger partial charge is 0.493 e. The van der Waals surface area contributed by atoms with Gasteiger partial charge in [-0.2, -0.15) is 0 Å². The van der Waals surface area contributed by atoms with Crippen LogP contribution in [0.25, 0.3) is 11.0 Å². The molecule has 3 aromatic rings. The van der Waals surface area contributed by atoms with Crippen molar-refractivity contribution in [1.29, 1.82) is 0 Å². The molecule has 0 saturated heterocycles. The molecule has 106 valence electrons. The Bertz CT molecular complexity index is 791. The lowest BCUT2D eigenvalue weighted by Gasteiger charge is -2.23. The minimum absolute atomic E-state index is 0.818. The molecule has 2 aromatic carbocycles. The zero-order chi connectivity index (χ0) is 14.2.